The van der Waals surface area contributed by atoms with Crippen molar-refractivity contribution >= 4 is 0 Å². The summed E-state index contributed by atoms with van der Waals surface area (Å²) in [4.78, 5) is 4.05. The van der Waals surface area contributed by atoms with Crippen LogP contribution in [0.3, 0.4) is 0 Å². The van der Waals surface area contributed by atoms with E-state index in [0.29, 0.717) is 0 Å². The van der Waals surface area contributed by atoms with Crippen molar-refractivity contribution in [1.82, 2.24) is 0 Å². The summed E-state index contributed by atoms with van der Waals surface area (Å²) in [6.45, 7) is 1.67. The first kappa shape index (κ1) is 8.17. The van der Waals surface area contributed by atoms with Crippen LogP contribution in [0.1, 0.15) is 18.6 Å². The zero-order chi connectivity index (χ0) is 8.27. The van der Waals surface area contributed by atoms with Gasteiger partial charge in [-0.05, 0) is 24.6 Å². The predicted molar refractivity (Wildman–Crippen MR) is 38.5 cm³/mol. The molecule has 0 spiro atoms. The second-order valence-corrected chi connectivity index (χ2v) is 2.30. The molecule has 1 N–H and O–H groups in total. The standard InChI is InChI=1S/C8H9FO2/c1-6(11-10)7-2-4-8(9)5-3-7/h2-6,10H,1H3/t6-/m1/s1. The van der Waals surface area contributed by atoms with Crippen molar-refractivity contribution in [2.24, 2.45) is 0 Å². The van der Waals surface area contributed by atoms with Crippen LogP contribution in [-0.4, -0.2) is 5.26 Å². The summed E-state index contributed by atoms with van der Waals surface area (Å²) >= 11 is 0. The van der Waals surface area contributed by atoms with Crippen LogP contribution in [0.5, 0.6) is 0 Å². The third-order valence-electron chi connectivity index (χ3n) is 1.50. The van der Waals surface area contributed by atoms with Gasteiger partial charge in [-0.2, -0.15) is 0 Å². The fraction of sp³-hybridized carbons (Fsp3) is 0.250. The van der Waals surface area contributed by atoms with E-state index in [2.05, 4.69) is 4.89 Å². The van der Waals surface area contributed by atoms with Crippen molar-refractivity contribution in [2.45, 2.75) is 13.0 Å². The van der Waals surface area contributed by atoms with Gasteiger partial charge < -0.3 is 0 Å². The van der Waals surface area contributed by atoms with Gasteiger partial charge in [-0.15, -0.1) is 0 Å². The van der Waals surface area contributed by atoms with Crippen LogP contribution in [0, 0.1) is 5.82 Å². The van der Waals surface area contributed by atoms with Crippen LogP contribution in [0.4, 0.5) is 4.39 Å². The third kappa shape index (κ3) is 2.00. The minimum Gasteiger partial charge on any atom is -0.251 e. The van der Waals surface area contributed by atoms with Crippen molar-refractivity contribution in [3.8, 4) is 0 Å². The van der Waals surface area contributed by atoms with E-state index < -0.39 is 6.10 Å². The molecule has 0 radical (unpaired) electrons. The quantitative estimate of drug-likeness (QED) is 0.526. The SMILES string of the molecule is C[C@@H](OO)c1ccc(F)cc1. The van der Waals surface area contributed by atoms with Crippen LogP contribution in [0.25, 0.3) is 0 Å². The minimum atomic E-state index is -0.407. The first-order valence-corrected chi connectivity index (χ1v) is 3.29. The molecular weight excluding hydrogens is 147 g/mol. The molecule has 2 nitrogen and oxygen atoms in total. The molecule has 1 atom stereocenters. The first-order valence-electron chi connectivity index (χ1n) is 3.29. The summed E-state index contributed by atoms with van der Waals surface area (Å²) in [5.74, 6) is -0.293. The lowest BCUT2D eigenvalue weighted by Gasteiger charge is -2.05. The molecule has 0 aromatic heterocycles. The highest BCUT2D eigenvalue weighted by atomic mass is 19.1. The Labute approximate surface area is 64.2 Å². The minimum absolute atomic E-state index is 0.293. The van der Waals surface area contributed by atoms with E-state index in [9.17, 15) is 4.39 Å². The van der Waals surface area contributed by atoms with Crippen molar-refractivity contribution < 1.29 is 14.5 Å². The van der Waals surface area contributed by atoms with Crippen molar-refractivity contribution in [3.05, 3.63) is 35.6 Å². The van der Waals surface area contributed by atoms with Crippen molar-refractivity contribution in [1.29, 1.82) is 0 Å². The van der Waals surface area contributed by atoms with E-state index >= 15 is 0 Å². The van der Waals surface area contributed by atoms with Crippen LogP contribution >= 0.6 is 0 Å². The van der Waals surface area contributed by atoms with Gasteiger partial charge in [0.05, 0.1) is 0 Å². The average Bonchev–Trinajstić information content (AvgIpc) is 2.05. The van der Waals surface area contributed by atoms with Gasteiger partial charge in [0.2, 0.25) is 0 Å². The summed E-state index contributed by atoms with van der Waals surface area (Å²) in [5, 5.41) is 8.26. The van der Waals surface area contributed by atoms with Crippen LogP contribution in [0.15, 0.2) is 24.3 Å². The number of halogens is 1. The Hall–Kier alpha value is -0.930. The Bertz CT molecular complexity index is 220. The second-order valence-electron chi connectivity index (χ2n) is 2.30. The van der Waals surface area contributed by atoms with E-state index in [0.717, 1.165) is 5.56 Å². The molecule has 0 fully saturated rings. The molecule has 0 bridgehead atoms. The predicted octanol–water partition coefficient (Wildman–Crippen LogP) is 2.38. The van der Waals surface area contributed by atoms with Gasteiger partial charge in [-0.1, -0.05) is 12.1 Å². The Kier molecular flexibility index (Phi) is 2.57. The van der Waals surface area contributed by atoms with E-state index in [1.807, 2.05) is 0 Å². The second kappa shape index (κ2) is 3.46. The molecule has 0 unspecified atom stereocenters. The maximum absolute atomic E-state index is 12.4. The van der Waals surface area contributed by atoms with Crippen LogP contribution in [-0.2, 0) is 4.89 Å². The van der Waals surface area contributed by atoms with Gasteiger partial charge in [0.25, 0.3) is 0 Å². The normalized spacial score (nSPS) is 13.0. The van der Waals surface area contributed by atoms with Gasteiger partial charge in [-0.25, -0.2) is 9.28 Å². The maximum atomic E-state index is 12.4. The lowest BCUT2D eigenvalue weighted by atomic mass is 10.1. The fourth-order valence-corrected chi connectivity index (χ4v) is 0.795. The van der Waals surface area contributed by atoms with Gasteiger partial charge in [0.15, 0.2) is 0 Å². The largest absolute Gasteiger partial charge is 0.251 e. The van der Waals surface area contributed by atoms with Gasteiger partial charge in [-0.3, -0.25) is 5.26 Å². The summed E-state index contributed by atoms with van der Waals surface area (Å²) in [6, 6.07) is 5.78. The van der Waals surface area contributed by atoms with Crippen molar-refractivity contribution in [2.75, 3.05) is 0 Å². The molecule has 0 aliphatic carbocycles. The number of benzene rings is 1. The first-order chi connectivity index (χ1) is 5.24. The zero-order valence-electron chi connectivity index (χ0n) is 6.12. The topological polar surface area (TPSA) is 29.5 Å². The molecule has 1 aromatic carbocycles. The molecule has 3 heteroatoms. The third-order valence-corrected chi connectivity index (χ3v) is 1.50. The Morgan fingerprint density at radius 3 is 2.36 bits per heavy atom. The smallest absolute Gasteiger partial charge is 0.123 e. The van der Waals surface area contributed by atoms with Gasteiger partial charge in [0.1, 0.15) is 11.9 Å². The molecule has 0 heterocycles. The molecule has 0 saturated heterocycles. The van der Waals surface area contributed by atoms with E-state index in [1.54, 1.807) is 19.1 Å². The molecule has 11 heavy (non-hydrogen) atoms. The maximum Gasteiger partial charge on any atom is 0.123 e. The van der Waals surface area contributed by atoms with Gasteiger partial charge >= 0.3 is 0 Å². The summed E-state index contributed by atoms with van der Waals surface area (Å²) in [6.07, 6.45) is -0.407. The lowest BCUT2D eigenvalue weighted by Crippen LogP contribution is -1.95. The molecule has 0 saturated carbocycles. The Balaban J connectivity index is 2.81. The number of rotatable bonds is 2. The Morgan fingerprint density at radius 2 is 1.91 bits per heavy atom. The van der Waals surface area contributed by atoms with E-state index in [4.69, 9.17) is 5.26 Å². The van der Waals surface area contributed by atoms with Crippen molar-refractivity contribution in [3.63, 3.8) is 0 Å². The molecule has 1 aromatic rings. The van der Waals surface area contributed by atoms with Gasteiger partial charge in [0, 0.05) is 0 Å². The molecule has 0 aliphatic heterocycles. The average molecular weight is 156 g/mol. The highest BCUT2D eigenvalue weighted by molar-refractivity contribution is 5.17. The molecule has 0 amide bonds. The molecule has 1 rings (SSSR count). The van der Waals surface area contributed by atoms with E-state index in [1.165, 1.54) is 12.1 Å². The monoisotopic (exact) mass is 156 g/mol. The number of hydrogen-bond donors (Lipinski definition) is 1. The molecule has 0 aliphatic rings. The van der Waals surface area contributed by atoms with E-state index in [-0.39, 0.29) is 5.82 Å². The summed E-state index contributed by atoms with van der Waals surface area (Å²) < 4.78 is 12.4. The molecular formula is C8H9FO2. The molecule has 60 valence electrons. The number of hydrogen-bond acceptors (Lipinski definition) is 2. The van der Waals surface area contributed by atoms with Crippen LogP contribution < -0.4 is 0 Å². The Morgan fingerprint density at radius 1 is 1.36 bits per heavy atom. The fourth-order valence-electron chi connectivity index (χ4n) is 0.795. The zero-order valence-corrected chi connectivity index (χ0v) is 6.12. The summed E-state index contributed by atoms with van der Waals surface area (Å²) in [5.41, 5.74) is 0.744. The highest BCUT2D eigenvalue weighted by Crippen LogP contribution is 2.14. The van der Waals surface area contributed by atoms with Crippen LogP contribution in [0.2, 0.25) is 0 Å². The lowest BCUT2D eigenvalue weighted by molar-refractivity contribution is -0.277. The highest BCUT2D eigenvalue weighted by Gasteiger charge is 2.03. The summed E-state index contributed by atoms with van der Waals surface area (Å²) in [7, 11) is 0.